The molecule has 3 aromatic rings. The van der Waals surface area contributed by atoms with E-state index in [2.05, 4.69) is 4.72 Å². The number of halogens is 2. The van der Waals surface area contributed by atoms with E-state index in [9.17, 15) is 25.6 Å². The predicted octanol–water partition coefficient (Wildman–Crippen LogP) is 3.53. The van der Waals surface area contributed by atoms with Gasteiger partial charge in [-0.3, -0.25) is 0 Å². The van der Waals surface area contributed by atoms with Crippen molar-refractivity contribution < 1.29 is 30.4 Å². The molecule has 0 saturated heterocycles. The van der Waals surface area contributed by atoms with E-state index in [1.165, 1.54) is 7.11 Å². The van der Waals surface area contributed by atoms with Crippen molar-refractivity contribution >= 4 is 31.2 Å². The first-order chi connectivity index (χ1) is 14.1. The summed E-state index contributed by atoms with van der Waals surface area (Å²) in [4.78, 5) is -0.107. The van der Waals surface area contributed by atoms with Crippen molar-refractivity contribution in [2.24, 2.45) is 0 Å². The van der Waals surface area contributed by atoms with Crippen molar-refractivity contribution in [2.75, 3.05) is 13.7 Å². The van der Waals surface area contributed by atoms with Crippen LogP contribution >= 0.6 is 11.3 Å². The minimum atomic E-state index is -4.21. The summed E-state index contributed by atoms with van der Waals surface area (Å²) < 4.78 is 85.5. The first-order valence-corrected chi connectivity index (χ1v) is 12.4. The molecule has 160 valence electrons. The SMILES string of the molecule is COc1ccc(S(=O)(=O)NC[C@H](c2cccs2)S(=O)(=O)c2ccc(F)cc2)cc1F. The number of benzene rings is 2. The quantitative estimate of drug-likeness (QED) is 0.506. The fourth-order valence-electron chi connectivity index (χ4n) is 2.71. The second-order valence-electron chi connectivity index (χ2n) is 6.15. The average molecular weight is 474 g/mol. The minimum absolute atomic E-state index is 0.121. The van der Waals surface area contributed by atoms with Crippen LogP contribution in [0.5, 0.6) is 5.75 Å². The standard InChI is InChI=1S/C19H17F2NO5S3/c1-27-17-9-8-15(11-16(17)21)30(25,26)22-12-19(18-3-2-10-28-18)29(23,24)14-6-4-13(20)5-7-14/h2-11,19,22H,12H2,1H3/t19-/m1/s1. The second kappa shape index (κ2) is 8.80. The van der Waals surface area contributed by atoms with Crippen LogP contribution in [0.3, 0.4) is 0 Å². The van der Waals surface area contributed by atoms with Crippen LogP contribution in [0, 0.1) is 11.6 Å². The van der Waals surface area contributed by atoms with Crippen LogP contribution in [0.25, 0.3) is 0 Å². The summed E-state index contributed by atoms with van der Waals surface area (Å²) in [6, 6.07) is 10.6. The summed E-state index contributed by atoms with van der Waals surface area (Å²) in [5.41, 5.74) is 0. The van der Waals surface area contributed by atoms with Gasteiger partial charge in [-0.2, -0.15) is 0 Å². The number of hydrogen-bond donors (Lipinski definition) is 1. The van der Waals surface area contributed by atoms with Crippen molar-refractivity contribution in [3.63, 3.8) is 0 Å². The Hall–Kier alpha value is -2.34. The summed E-state index contributed by atoms with van der Waals surface area (Å²) in [7, 11) is -7.00. The molecule has 0 amide bonds. The Balaban J connectivity index is 1.91. The van der Waals surface area contributed by atoms with Crippen molar-refractivity contribution in [3.05, 3.63) is 76.5 Å². The molecule has 0 radical (unpaired) electrons. The third kappa shape index (κ3) is 4.69. The Morgan fingerprint density at radius 3 is 2.23 bits per heavy atom. The van der Waals surface area contributed by atoms with Crippen molar-refractivity contribution in [3.8, 4) is 5.75 Å². The number of nitrogens with one attached hydrogen (secondary N) is 1. The van der Waals surface area contributed by atoms with Gasteiger partial charge < -0.3 is 4.74 Å². The lowest BCUT2D eigenvalue weighted by Gasteiger charge is -2.18. The van der Waals surface area contributed by atoms with Crippen LogP contribution in [0.4, 0.5) is 8.78 Å². The molecular formula is C19H17F2NO5S3. The van der Waals surface area contributed by atoms with Gasteiger partial charge >= 0.3 is 0 Å². The van der Waals surface area contributed by atoms with E-state index in [-0.39, 0.29) is 15.5 Å². The van der Waals surface area contributed by atoms with E-state index in [4.69, 9.17) is 4.74 Å². The molecule has 0 spiro atoms. The lowest BCUT2D eigenvalue weighted by Crippen LogP contribution is -2.31. The van der Waals surface area contributed by atoms with Crippen molar-refractivity contribution in [1.29, 1.82) is 0 Å². The molecule has 11 heteroatoms. The normalized spacial score (nSPS) is 13.2. The lowest BCUT2D eigenvalue weighted by molar-refractivity contribution is 0.385. The molecule has 2 aromatic carbocycles. The van der Waals surface area contributed by atoms with E-state index in [0.717, 1.165) is 53.8 Å². The maximum absolute atomic E-state index is 13.9. The topological polar surface area (TPSA) is 89.5 Å². The maximum Gasteiger partial charge on any atom is 0.240 e. The molecule has 0 aliphatic heterocycles. The monoisotopic (exact) mass is 473 g/mol. The Morgan fingerprint density at radius 2 is 1.67 bits per heavy atom. The van der Waals surface area contributed by atoms with Crippen LogP contribution in [-0.2, 0) is 19.9 Å². The molecule has 0 bridgehead atoms. The first-order valence-electron chi connectivity index (χ1n) is 8.51. The molecule has 1 aromatic heterocycles. The highest BCUT2D eigenvalue weighted by atomic mass is 32.2. The smallest absolute Gasteiger partial charge is 0.240 e. The predicted molar refractivity (Wildman–Crippen MR) is 109 cm³/mol. The van der Waals surface area contributed by atoms with E-state index in [1.807, 2.05) is 0 Å². The fraction of sp³-hybridized carbons (Fsp3) is 0.158. The molecule has 0 unspecified atom stereocenters. The summed E-state index contributed by atoms with van der Waals surface area (Å²) in [6.45, 7) is -0.490. The van der Waals surface area contributed by atoms with Gasteiger partial charge in [0.25, 0.3) is 0 Å². The molecule has 6 nitrogen and oxygen atoms in total. The van der Waals surface area contributed by atoms with Crippen LogP contribution in [0.1, 0.15) is 10.1 Å². The van der Waals surface area contributed by atoms with Gasteiger partial charge in [0.15, 0.2) is 21.4 Å². The highest BCUT2D eigenvalue weighted by molar-refractivity contribution is 7.92. The minimum Gasteiger partial charge on any atom is -0.494 e. The highest BCUT2D eigenvalue weighted by Crippen LogP contribution is 2.32. The number of thiophene rings is 1. The van der Waals surface area contributed by atoms with E-state index in [0.29, 0.717) is 4.88 Å². The van der Waals surface area contributed by atoms with Gasteiger partial charge in [-0.1, -0.05) is 6.07 Å². The van der Waals surface area contributed by atoms with Gasteiger partial charge in [0, 0.05) is 11.4 Å². The largest absolute Gasteiger partial charge is 0.494 e. The zero-order valence-corrected chi connectivity index (χ0v) is 18.0. The molecular weight excluding hydrogens is 456 g/mol. The van der Waals surface area contributed by atoms with Gasteiger partial charge in [0.1, 0.15) is 11.1 Å². The second-order valence-corrected chi connectivity index (χ2v) is 11.0. The lowest BCUT2D eigenvalue weighted by atomic mass is 10.3. The number of sulfone groups is 1. The first kappa shape index (κ1) is 22.3. The van der Waals surface area contributed by atoms with Crippen LogP contribution < -0.4 is 9.46 Å². The number of rotatable bonds is 8. The summed E-state index contributed by atoms with van der Waals surface area (Å²) in [5.74, 6) is -1.58. The number of methoxy groups -OCH3 is 1. The average Bonchev–Trinajstić information content (AvgIpc) is 3.22. The Labute approximate surface area is 177 Å². The van der Waals surface area contributed by atoms with Crippen LogP contribution in [0.15, 0.2) is 69.8 Å². The Kier molecular flexibility index (Phi) is 6.56. The van der Waals surface area contributed by atoms with Crippen molar-refractivity contribution in [2.45, 2.75) is 15.0 Å². The van der Waals surface area contributed by atoms with Crippen LogP contribution in [-0.4, -0.2) is 30.5 Å². The molecule has 0 aliphatic rings. The molecule has 3 rings (SSSR count). The Bertz CT molecular complexity index is 1230. The van der Waals surface area contributed by atoms with Gasteiger partial charge in [0.05, 0.1) is 16.9 Å². The van der Waals surface area contributed by atoms with Crippen LogP contribution in [0.2, 0.25) is 0 Å². The van der Waals surface area contributed by atoms with Crippen molar-refractivity contribution in [1.82, 2.24) is 4.72 Å². The molecule has 0 saturated carbocycles. The fourth-order valence-corrected chi connectivity index (χ4v) is 6.66. The van der Waals surface area contributed by atoms with E-state index < -0.39 is 43.3 Å². The van der Waals surface area contributed by atoms with Gasteiger partial charge in [-0.25, -0.2) is 30.3 Å². The molecule has 1 N–H and O–H groups in total. The maximum atomic E-state index is 13.9. The van der Waals surface area contributed by atoms with E-state index >= 15 is 0 Å². The van der Waals surface area contributed by atoms with E-state index in [1.54, 1.807) is 17.5 Å². The third-order valence-corrected chi connectivity index (χ3v) is 8.92. The number of ether oxygens (including phenoxy) is 1. The summed E-state index contributed by atoms with van der Waals surface area (Å²) in [6.07, 6.45) is 0. The zero-order chi connectivity index (χ0) is 21.9. The van der Waals surface area contributed by atoms with Gasteiger partial charge in [0.2, 0.25) is 10.0 Å². The van der Waals surface area contributed by atoms with Gasteiger partial charge in [-0.15, -0.1) is 11.3 Å². The molecule has 1 atom stereocenters. The summed E-state index contributed by atoms with van der Waals surface area (Å²) >= 11 is 1.14. The zero-order valence-electron chi connectivity index (χ0n) is 15.6. The molecule has 1 heterocycles. The molecule has 30 heavy (non-hydrogen) atoms. The van der Waals surface area contributed by atoms with Gasteiger partial charge in [-0.05, 0) is 53.9 Å². The molecule has 0 aliphatic carbocycles. The highest BCUT2D eigenvalue weighted by Gasteiger charge is 2.31. The number of sulfonamides is 1. The third-order valence-electron chi connectivity index (χ3n) is 4.27. The Morgan fingerprint density at radius 1 is 1.00 bits per heavy atom. The summed E-state index contributed by atoms with van der Waals surface area (Å²) in [5, 5.41) is 0.413. The molecule has 0 fully saturated rings. The number of hydrogen-bond acceptors (Lipinski definition) is 6.